The number of hydrogen-bond donors (Lipinski definition) is 0. The maximum absolute atomic E-state index is 5.49. The predicted octanol–water partition coefficient (Wildman–Crippen LogP) is 11.6. The molecule has 0 aliphatic carbocycles. The lowest BCUT2D eigenvalue weighted by molar-refractivity contribution is 0.414. The Hall–Kier alpha value is -6.08. The Labute approximate surface area is 299 Å². The fourth-order valence-electron chi connectivity index (χ4n) is 6.73. The molecule has 0 radical (unpaired) electrons. The van der Waals surface area contributed by atoms with Crippen LogP contribution in [0.1, 0.15) is 19.8 Å². The zero-order valence-corrected chi connectivity index (χ0v) is 29.8. The van der Waals surface area contributed by atoms with E-state index < -0.39 is 0 Å². The molecule has 0 saturated carbocycles. The monoisotopic (exact) mass is 677 g/mol. The van der Waals surface area contributed by atoms with E-state index in [-0.39, 0.29) is 0 Å². The van der Waals surface area contributed by atoms with E-state index in [4.69, 9.17) is 18.9 Å². The molecular formula is C44H43N3O4. The molecule has 0 aliphatic heterocycles. The molecule has 0 fully saturated rings. The first kappa shape index (κ1) is 33.4. The van der Waals surface area contributed by atoms with Crippen molar-refractivity contribution in [1.29, 1.82) is 0 Å². The van der Waals surface area contributed by atoms with Crippen molar-refractivity contribution >= 4 is 55.9 Å². The number of anilines is 6. The van der Waals surface area contributed by atoms with Gasteiger partial charge in [0.05, 0.1) is 28.4 Å². The topological polar surface area (TPSA) is 48.3 Å². The van der Waals surface area contributed by atoms with Crippen molar-refractivity contribution in [3.8, 4) is 23.0 Å². The van der Waals surface area contributed by atoms with Crippen molar-refractivity contribution in [2.75, 3.05) is 38.2 Å². The Bertz CT molecular complexity index is 1970. The molecule has 7 rings (SSSR count). The molecule has 6 aromatic carbocycles. The van der Waals surface area contributed by atoms with Crippen molar-refractivity contribution in [2.24, 2.45) is 0 Å². The summed E-state index contributed by atoms with van der Waals surface area (Å²) in [5, 5.41) is 2.38. The van der Waals surface area contributed by atoms with Crippen molar-refractivity contribution < 1.29 is 18.9 Å². The first-order valence-electron chi connectivity index (χ1n) is 17.3. The van der Waals surface area contributed by atoms with Crippen LogP contribution in [0.2, 0.25) is 0 Å². The fourth-order valence-corrected chi connectivity index (χ4v) is 6.73. The van der Waals surface area contributed by atoms with Crippen LogP contribution in [0.15, 0.2) is 133 Å². The number of methoxy groups -OCH3 is 4. The zero-order chi connectivity index (χ0) is 35.3. The lowest BCUT2D eigenvalue weighted by atomic mass is 10.1. The summed E-state index contributed by atoms with van der Waals surface area (Å²) < 4.78 is 24.4. The minimum Gasteiger partial charge on any atom is -0.497 e. The first-order chi connectivity index (χ1) is 25.0. The molecule has 0 saturated heterocycles. The average molecular weight is 678 g/mol. The van der Waals surface area contributed by atoms with E-state index in [2.05, 4.69) is 106 Å². The third kappa shape index (κ3) is 6.63. The second-order valence-electron chi connectivity index (χ2n) is 12.4. The number of unbranched alkanes of at least 4 members (excludes halogenated alkanes) is 1. The van der Waals surface area contributed by atoms with E-state index in [1.54, 1.807) is 28.4 Å². The number of hydrogen-bond acceptors (Lipinski definition) is 6. The van der Waals surface area contributed by atoms with E-state index in [1.165, 1.54) is 21.8 Å². The second kappa shape index (κ2) is 14.8. The lowest BCUT2D eigenvalue weighted by Crippen LogP contribution is -2.10. The Balaban J connectivity index is 1.43. The molecule has 0 atom stereocenters. The highest BCUT2D eigenvalue weighted by Gasteiger charge is 2.20. The van der Waals surface area contributed by atoms with E-state index in [0.29, 0.717) is 0 Å². The number of rotatable bonds is 13. The predicted molar refractivity (Wildman–Crippen MR) is 210 cm³/mol. The maximum atomic E-state index is 5.49. The third-order valence-corrected chi connectivity index (χ3v) is 9.41. The molecule has 1 aromatic heterocycles. The zero-order valence-electron chi connectivity index (χ0n) is 29.8. The number of aromatic nitrogens is 1. The molecule has 258 valence electrons. The van der Waals surface area contributed by atoms with Gasteiger partial charge in [-0.25, -0.2) is 0 Å². The van der Waals surface area contributed by atoms with Crippen LogP contribution in [0.3, 0.4) is 0 Å². The summed E-state index contributed by atoms with van der Waals surface area (Å²) in [4.78, 5) is 4.55. The van der Waals surface area contributed by atoms with Gasteiger partial charge in [0.15, 0.2) is 0 Å². The molecule has 0 amide bonds. The van der Waals surface area contributed by atoms with Crippen molar-refractivity contribution in [1.82, 2.24) is 4.57 Å². The highest BCUT2D eigenvalue weighted by atomic mass is 16.5. The number of fused-ring (bicyclic) bond motifs is 3. The van der Waals surface area contributed by atoms with Gasteiger partial charge in [-0.15, -0.1) is 0 Å². The summed E-state index contributed by atoms with van der Waals surface area (Å²) in [6.45, 7) is 3.18. The molecule has 1 heterocycles. The van der Waals surface area contributed by atoms with Gasteiger partial charge in [-0.2, -0.15) is 0 Å². The van der Waals surface area contributed by atoms with E-state index >= 15 is 0 Å². The standard InChI is InChI=1S/C44H43N3O4/c1-6-7-28-45-43-26-16-35(46(31-8-18-37(48-2)19-9-31)32-10-20-38(49-3)21-11-32)29-41(43)42-30-36(17-27-44(42)45)47(33-12-22-39(50-4)23-13-33)34-14-24-40(51-5)25-15-34/h8-27,29-30H,6-7,28H2,1-5H3. The Morgan fingerprint density at radius 1 is 0.412 bits per heavy atom. The van der Waals surface area contributed by atoms with Crippen LogP contribution in [0.4, 0.5) is 34.1 Å². The largest absolute Gasteiger partial charge is 0.497 e. The van der Waals surface area contributed by atoms with Gasteiger partial charge >= 0.3 is 0 Å². The maximum Gasteiger partial charge on any atom is 0.119 e. The summed E-state index contributed by atoms with van der Waals surface area (Å²) in [5.74, 6) is 3.25. The number of benzene rings is 6. The summed E-state index contributed by atoms with van der Waals surface area (Å²) >= 11 is 0. The number of aryl methyl sites for hydroxylation is 1. The van der Waals surface area contributed by atoms with Gasteiger partial charge in [0, 0.05) is 62.5 Å². The minimum atomic E-state index is 0.814. The SMILES string of the molecule is CCCCn1c2ccc(N(c3ccc(OC)cc3)c3ccc(OC)cc3)cc2c2cc(N(c3ccc(OC)cc3)c3ccc(OC)cc3)ccc21. The fraction of sp³-hybridized carbons (Fsp3) is 0.182. The quantitative estimate of drug-likeness (QED) is 0.121. The van der Waals surface area contributed by atoms with Gasteiger partial charge in [-0.3, -0.25) is 0 Å². The van der Waals surface area contributed by atoms with Gasteiger partial charge in [-0.05, 0) is 140 Å². The molecule has 7 aromatic rings. The molecule has 0 aliphatic rings. The smallest absolute Gasteiger partial charge is 0.119 e. The molecule has 7 nitrogen and oxygen atoms in total. The highest BCUT2D eigenvalue weighted by Crippen LogP contribution is 2.43. The summed E-state index contributed by atoms with van der Waals surface area (Å²) in [6.07, 6.45) is 2.21. The van der Waals surface area contributed by atoms with E-state index in [9.17, 15) is 0 Å². The third-order valence-electron chi connectivity index (χ3n) is 9.41. The van der Waals surface area contributed by atoms with Crippen LogP contribution in [-0.4, -0.2) is 33.0 Å². The molecular weight excluding hydrogens is 635 g/mol. The van der Waals surface area contributed by atoms with Gasteiger partial charge in [0.2, 0.25) is 0 Å². The summed E-state index contributed by atoms with van der Waals surface area (Å²) in [6, 6.07) is 46.4. The first-order valence-corrected chi connectivity index (χ1v) is 17.3. The van der Waals surface area contributed by atoms with Crippen LogP contribution >= 0.6 is 0 Å². The molecule has 0 spiro atoms. The summed E-state index contributed by atoms with van der Waals surface area (Å²) in [5.41, 5.74) is 8.65. The number of nitrogens with zero attached hydrogens (tertiary/aromatic N) is 3. The summed E-state index contributed by atoms with van der Waals surface area (Å²) in [7, 11) is 6.77. The minimum absolute atomic E-state index is 0.814. The van der Waals surface area contributed by atoms with Gasteiger partial charge in [0.1, 0.15) is 23.0 Å². The van der Waals surface area contributed by atoms with E-state index in [0.717, 1.165) is 76.5 Å². The molecule has 0 N–H and O–H groups in total. The second-order valence-corrected chi connectivity index (χ2v) is 12.4. The highest BCUT2D eigenvalue weighted by molar-refractivity contribution is 6.11. The Morgan fingerprint density at radius 3 is 0.980 bits per heavy atom. The normalized spacial score (nSPS) is 11.1. The Morgan fingerprint density at radius 2 is 0.706 bits per heavy atom. The van der Waals surface area contributed by atoms with Crippen molar-refractivity contribution in [2.45, 2.75) is 26.3 Å². The Kier molecular flexibility index (Phi) is 9.70. The molecule has 51 heavy (non-hydrogen) atoms. The average Bonchev–Trinajstić information content (AvgIpc) is 3.50. The van der Waals surface area contributed by atoms with Crippen molar-refractivity contribution in [3.63, 3.8) is 0 Å². The van der Waals surface area contributed by atoms with E-state index in [1.807, 2.05) is 48.5 Å². The van der Waals surface area contributed by atoms with Gasteiger partial charge in [0.25, 0.3) is 0 Å². The van der Waals surface area contributed by atoms with Crippen LogP contribution in [0.5, 0.6) is 23.0 Å². The van der Waals surface area contributed by atoms with Gasteiger partial charge < -0.3 is 33.3 Å². The molecule has 7 heteroatoms. The van der Waals surface area contributed by atoms with Crippen LogP contribution in [-0.2, 0) is 6.54 Å². The molecule has 0 unspecified atom stereocenters. The lowest BCUT2D eigenvalue weighted by Gasteiger charge is -2.26. The number of ether oxygens (including phenoxy) is 4. The van der Waals surface area contributed by atoms with Crippen LogP contribution in [0, 0.1) is 0 Å². The molecule has 0 bridgehead atoms. The van der Waals surface area contributed by atoms with Crippen LogP contribution in [0.25, 0.3) is 21.8 Å². The van der Waals surface area contributed by atoms with Crippen molar-refractivity contribution in [3.05, 3.63) is 133 Å². The van der Waals surface area contributed by atoms with Gasteiger partial charge in [-0.1, -0.05) is 13.3 Å². The van der Waals surface area contributed by atoms with Crippen LogP contribution < -0.4 is 28.7 Å².